The molecule has 1 aromatic rings. The average molecular weight is 397 g/mol. The molecular formula is C19H32N4O3S. The molecule has 1 atom stereocenters. The number of hydrogen-bond acceptors (Lipinski definition) is 6. The van der Waals surface area contributed by atoms with Crippen LogP contribution in [0.1, 0.15) is 69.7 Å². The van der Waals surface area contributed by atoms with Crippen LogP contribution in [0.3, 0.4) is 0 Å². The second-order valence-electron chi connectivity index (χ2n) is 8.39. The fourth-order valence-corrected chi connectivity index (χ4v) is 3.96. The minimum atomic E-state index is -0.519. The van der Waals surface area contributed by atoms with E-state index in [0.29, 0.717) is 24.4 Å². The van der Waals surface area contributed by atoms with E-state index >= 15 is 0 Å². The number of amides is 2. The van der Waals surface area contributed by atoms with Crippen molar-refractivity contribution in [3.05, 3.63) is 10.6 Å². The quantitative estimate of drug-likeness (QED) is 0.760. The number of nitrogens with zero attached hydrogens (tertiary/aromatic N) is 4. The van der Waals surface area contributed by atoms with E-state index in [2.05, 4.69) is 9.59 Å². The van der Waals surface area contributed by atoms with Crippen LogP contribution in [0.2, 0.25) is 0 Å². The van der Waals surface area contributed by atoms with Crippen molar-refractivity contribution < 1.29 is 14.3 Å². The molecule has 152 valence electrons. The monoisotopic (exact) mass is 396 g/mol. The first-order valence-corrected chi connectivity index (χ1v) is 10.5. The SMILES string of the molecule is CCc1nnsc1C(=O)N1CCCC(CN(C(=O)OC(C)(C)C)C(C)C)C1. The molecule has 0 saturated carbocycles. The smallest absolute Gasteiger partial charge is 0.410 e. The molecule has 2 heterocycles. The Morgan fingerprint density at radius 1 is 1.37 bits per heavy atom. The van der Waals surface area contributed by atoms with Crippen molar-refractivity contribution in [3.8, 4) is 0 Å². The molecule has 1 fully saturated rings. The molecule has 1 aliphatic heterocycles. The Hall–Kier alpha value is -1.70. The highest BCUT2D eigenvalue weighted by Crippen LogP contribution is 2.23. The third-order valence-electron chi connectivity index (χ3n) is 4.60. The third-order valence-corrected chi connectivity index (χ3v) is 5.35. The minimum absolute atomic E-state index is 0.0138. The lowest BCUT2D eigenvalue weighted by Gasteiger charge is -2.37. The van der Waals surface area contributed by atoms with Gasteiger partial charge in [0.1, 0.15) is 10.5 Å². The molecule has 0 radical (unpaired) electrons. The van der Waals surface area contributed by atoms with Gasteiger partial charge in [-0.25, -0.2) is 4.79 Å². The lowest BCUT2D eigenvalue weighted by atomic mass is 9.96. The highest BCUT2D eigenvalue weighted by atomic mass is 32.1. The highest BCUT2D eigenvalue weighted by Gasteiger charge is 2.31. The van der Waals surface area contributed by atoms with Crippen LogP contribution >= 0.6 is 11.5 Å². The Morgan fingerprint density at radius 3 is 2.67 bits per heavy atom. The normalized spacial score (nSPS) is 17.9. The zero-order valence-electron chi connectivity index (χ0n) is 17.3. The summed E-state index contributed by atoms with van der Waals surface area (Å²) in [7, 11) is 0. The summed E-state index contributed by atoms with van der Waals surface area (Å²) in [6.45, 7) is 13.6. The fraction of sp³-hybridized carbons (Fsp3) is 0.789. The molecule has 1 saturated heterocycles. The number of aromatic nitrogens is 2. The van der Waals surface area contributed by atoms with E-state index in [1.807, 2.05) is 46.4 Å². The molecule has 0 spiro atoms. The number of hydrogen-bond donors (Lipinski definition) is 0. The maximum Gasteiger partial charge on any atom is 0.410 e. The van der Waals surface area contributed by atoms with E-state index in [-0.39, 0.29) is 24.0 Å². The summed E-state index contributed by atoms with van der Waals surface area (Å²) in [6.07, 6.45) is 2.34. The predicted octanol–water partition coefficient (Wildman–Crippen LogP) is 3.60. The van der Waals surface area contributed by atoms with Gasteiger partial charge in [0, 0.05) is 25.7 Å². The molecule has 8 heteroatoms. The van der Waals surface area contributed by atoms with Crippen molar-refractivity contribution in [2.75, 3.05) is 19.6 Å². The zero-order valence-corrected chi connectivity index (χ0v) is 18.1. The molecule has 2 rings (SSSR count). The topological polar surface area (TPSA) is 75.6 Å². The largest absolute Gasteiger partial charge is 0.444 e. The standard InChI is InChI=1S/C19H32N4O3S/c1-7-15-16(27-21-20-15)17(24)22-10-8-9-14(11-22)12-23(13(2)3)18(25)26-19(4,5)6/h13-14H,7-12H2,1-6H3. The molecule has 1 aliphatic rings. The molecule has 0 N–H and O–H groups in total. The van der Waals surface area contributed by atoms with Crippen LogP contribution in [-0.2, 0) is 11.2 Å². The van der Waals surface area contributed by atoms with Gasteiger partial charge in [-0.2, -0.15) is 0 Å². The first-order valence-electron chi connectivity index (χ1n) is 9.72. The van der Waals surface area contributed by atoms with Crippen LogP contribution in [0.15, 0.2) is 0 Å². The summed E-state index contributed by atoms with van der Waals surface area (Å²) in [4.78, 5) is 29.7. The molecule has 1 unspecified atom stereocenters. The van der Waals surface area contributed by atoms with Crippen molar-refractivity contribution in [2.45, 2.75) is 72.4 Å². The lowest BCUT2D eigenvalue weighted by molar-refractivity contribution is 0.0124. The van der Waals surface area contributed by atoms with Crippen LogP contribution in [0.4, 0.5) is 4.79 Å². The summed E-state index contributed by atoms with van der Waals surface area (Å²) in [5.41, 5.74) is 0.249. The number of likely N-dealkylation sites (tertiary alicyclic amines) is 1. The van der Waals surface area contributed by atoms with Crippen molar-refractivity contribution in [1.29, 1.82) is 0 Å². The van der Waals surface area contributed by atoms with Crippen molar-refractivity contribution >= 4 is 23.5 Å². The predicted molar refractivity (Wildman–Crippen MR) is 106 cm³/mol. The molecule has 7 nitrogen and oxygen atoms in total. The molecule has 27 heavy (non-hydrogen) atoms. The zero-order chi connectivity index (χ0) is 20.2. The first kappa shape index (κ1) is 21.6. The maximum absolute atomic E-state index is 12.9. The molecule has 0 aromatic carbocycles. The van der Waals surface area contributed by atoms with Gasteiger partial charge in [0.2, 0.25) is 0 Å². The second kappa shape index (κ2) is 8.99. The Bertz CT molecular complexity index is 654. The highest BCUT2D eigenvalue weighted by molar-refractivity contribution is 7.08. The Labute approximate surface area is 166 Å². The molecule has 2 amide bonds. The van der Waals surface area contributed by atoms with Crippen LogP contribution < -0.4 is 0 Å². The van der Waals surface area contributed by atoms with Gasteiger partial charge < -0.3 is 14.5 Å². The summed E-state index contributed by atoms with van der Waals surface area (Å²) >= 11 is 1.17. The van der Waals surface area contributed by atoms with Crippen LogP contribution in [0.5, 0.6) is 0 Å². The number of piperidine rings is 1. The summed E-state index contributed by atoms with van der Waals surface area (Å²) in [5, 5.41) is 4.05. The summed E-state index contributed by atoms with van der Waals surface area (Å²) < 4.78 is 9.49. The fourth-order valence-electron chi connectivity index (χ4n) is 3.24. The van der Waals surface area contributed by atoms with Gasteiger partial charge in [-0.1, -0.05) is 11.4 Å². The van der Waals surface area contributed by atoms with Gasteiger partial charge in [0.15, 0.2) is 0 Å². The van der Waals surface area contributed by atoms with Gasteiger partial charge in [-0.3, -0.25) is 4.79 Å². The van der Waals surface area contributed by atoms with Crippen LogP contribution in [0, 0.1) is 5.92 Å². The Morgan fingerprint density at radius 2 is 2.07 bits per heavy atom. The number of carbonyl (C=O) groups is 2. The second-order valence-corrected chi connectivity index (χ2v) is 9.14. The van der Waals surface area contributed by atoms with Crippen LogP contribution in [-0.4, -0.2) is 62.7 Å². The minimum Gasteiger partial charge on any atom is -0.444 e. The first-order chi connectivity index (χ1) is 12.6. The Kier molecular flexibility index (Phi) is 7.19. The van der Waals surface area contributed by atoms with Crippen molar-refractivity contribution in [3.63, 3.8) is 0 Å². The summed E-state index contributed by atoms with van der Waals surface area (Å²) in [6, 6.07) is 0.0447. The van der Waals surface area contributed by atoms with E-state index in [4.69, 9.17) is 4.74 Å². The number of aryl methyl sites for hydroxylation is 1. The lowest BCUT2D eigenvalue weighted by Crippen LogP contribution is -2.48. The molecule has 0 aliphatic carbocycles. The van der Waals surface area contributed by atoms with E-state index < -0.39 is 5.60 Å². The Balaban J connectivity index is 2.03. The van der Waals surface area contributed by atoms with Gasteiger partial charge in [-0.15, -0.1) is 5.10 Å². The number of ether oxygens (including phenoxy) is 1. The van der Waals surface area contributed by atoms with E-state index in [1.54, 1.807) is 4.90 Å². The number of carbonyl (C=O) groups excluding carboxylic acids is 2. The van der Waals surface area contributed by atoms with E-state index in [9.17, 15) is 9.59 Å². The third kappa shape index (κ3) is 5.89. The molecule has 1 aromatic heterocycles. The van der Waals surface area contributed by atoms with Gasteiger partial charge in [-0.05, 0) is 71.3 Å². The average Bonchev–Trinajstić information content (AvgIpc) is 3.06. The van der Waals surface area contributed by atoms with E-state index in [1.165, 1.54) is 11.5 Å². The summed E-state index contributed by atoms with van der Waals surface area (Å²) in [5.74, 6) is 0.253. The van der Waals surface area contributed by atoms with Gasteiger partial charge in [0.05, 0.1) is 5.69 Å². The molecular weight excluding hydrogens is 364 g/mol. The van der Waals surface area contributed by atoms with Gasteiger partial charge in [0.25, 0.3) is 5.91 Å². The maximum atomic E-state index is 12.9. The van der Waals surface area contributed by atoms with E-state index in [0.717, 1.165) is 25.1 Å². The van der Waals surface area contributed by atoms with Crippen LogP contribution in [0.25, 0.3) is 0 Å². The van der Waals surface area contributed by atoms with Crippen molar-refractivity contribution in [1.82, 2.24) is 19.4 Å². The van der Waals surface area contributed by atoms with Gasteiger partial charge >= 0.3 is 6.09 Å². The number of rotatable bonds is 5. The van der Waals surface area contributed by atoms with Crippen molar-refractivity contribution in [2.24, 2.45) is 5.92 Å². The molecule has 0 bridgehead atoms.